The molecule has 1 aromatic carbocycles. The van der Waals surface area contributed by atoms with Crippen molar-refractivity contribution < 1.29 is 19.4 Å². The van der Waals surface area contributed by atoms with Crippen molar-refractivity contribution in [3.8, 4) is 5.75 Å². The van der Waals surface area contributed by atoms with Gasteiger partial charge in [-0.3, -0.25) is 4.79 Å². The molecular formula is C14H20N2O4. The van der Waals surface area contributed by atoms with Gasteiger partial charge in [-0.2, -0.15) is 0 Å². The molecule has 0 fully saturated rings. The van der Waals surface area contributed by atoms with E-state index in [9.17, 15) is 9.59 Å². The molecule has 0 spiro atoms. The first-order chi connectivity index (χ1) is 9.45. The largest absolute Gasteiger partial charge is 0.492 e. The third-order valence-corrected chi connectivity index (χ3v) is 2.62. The summed E-state index contributed by atoms with van der Waals surface area (Å²) in [5.41, 5.74) is 0.524. The van der Waals surface area contributed by atoms with Gasteiger partial charge in [0.2, 0.25) is 0 Å². The van der Waals surface area contributed by atoms with Crippen molar-refractivity contribution in [2.24, 2.45) is 0 Å². The van der Waals surface area contributed by atoms with Gasteiger partial charge in [0.05, 0.1) is 12.3 Å². The number of anilines is 1. The van der Waals surface area contributed by atoms with Crippen molar-refractivity contribution in [3.05, 3.63) is 24.3 Å². The van der Waals surface area contributed by atoms with E-state index in [1.165, 1.54) is 4.90 Å². The molecule has 2 N–H and O–H groups in total. The molecule has 0 bridgehead atoms. The fraction of sp³-hybridized carbons (Fsp3) is 0.429. The number of carbonyl (C=O) groups excluding carboxylic acids is 1. The summed E-state index contributed by atoms with van der Waals surface area (Å²) in [4.78, 5) is 24.2. The standard InChI is InChI=1S/C14H20N2O4/c1-4-20-12-8-6-5-7-11(12)15-14(19)16(10(2)3)9-13(17)18/h5-8,10H,4,9H2,1-3H3,(H,15,19)(H,17,18). The molecule has 0 unspecified atom stereocenters. The Kier molecular flexibility index (Phi) is 5.83. The van der Waals surface area contributed by atoms with Crippen LogP contribution in [0.3, 0.4) is 0 Å². The molecule has 0 aliphatic heterocycles. The van der Waals surface area contributed by atoms with E-state index in [0.717, 1.165) is 0 Å². The first-order valence-corrected chi connectivity index (χ1v) is 6.47. The van der Waals surface area contributed by atoms with Gasteiger partial charge >= 0.3 is 12.0 Å². The van der Waals surface area contributed by atoms with Gasteiger partial charge in [0, 0.05) is 6.04 Å². The molecule has 0 radical (unpaired) electrons. The van der Waals surface area contributed by atoms with Crippen molar-refractivity contribution in [3.63, 3.8) is 0 Å². The lowest BCUT2D eigenvalue weighted by atomic mass is 10.3. The molecule has 2 amide bonds. The lowest BCUT2D eigenvalue weighted by Gasteiger charge is -2.25. The van der Waals surface area contributed by atoms with Crippen molar-refractivity contribution >= 4 is 17.7 Å². The third-order valence-electron chi connectivity index (χ3n) is 2.62. The number of nitrogens with one attached hydrogen (secondary N) is 1. The highest BCUT2D eigenvalue weighted by atomic mass is 16.5. The zero-order valence-electron chi connectivity index (χ0n) is 11.9. The average Bonchev–Trinajstić information content (AvgIpc) is 2.38. The van der Waals surface area contributed by atoms with E-state index in [4.69, 9.17) is 9.84 Å². The molecular weight excluding hydrogens is 260 g/mol. The van der Waals surface area contributed by atoms with Crippen molar-refractivity contribution in [2.75, 3.05) is 18.5 Å². The molecule has 6 heteroatoms. The molecule has 1 rings (SSSR count). The Hall–Kier alpha value is -2.24. The van der Waals surface area contributed by atoms with Gasteiger partial charge in [0.1, 0.15) is 12.3 Å². The second-order valence-corrected chi connectivity index (χ2v) is 4.47. The van der Waals surface area contributed by atoms with Crippen LogP contribution >= 0.6 is 0 Å². The molecule has 0 saturated carbocycles. The number of benzene rings is 1. The van der Waals surface area contributed by atoms with Gasteiger partial charge in [0.25, 0.3) is 0 Å². The number of aliphatic carboxylic acids is 1. The highest BCUT2D eigenvalue weighted by Gasteiger charge is 2.20. The van der Waals surface area contributed by atoms with Gasteiger partial charge in [-0.25, -0.2) is 4.79 Å². The van der Waals surface area contributed by atoms with Gasteiger partial charge < -0.3 is 20.1 Å². The van der Waals surface area contributed by atoms with E-state index in [0.29, 0.717) is 18.0 Å². The molecule has 0 saturated heterocycles. The Morgan fingerprint density at radius 1 is 1.35 bits per heavy atom. The van der Waals surface area contributed by atoms with Crippen LogP contribution in [-0.4, -0.2) is 41.2 Å². The van der Waals surface area contributed by atoms with Crippen LogP contribution in [0.15, 0.2) is 24.3 Å². The van der Waals surface area contributed by atoms with Crippen molar-refractivity contribution in [1.29, 1.82) is 0 Å². The predicted molar refractivity (Wildman–Crippen MR) is 76.1 cm³/mol. The lowest BCUT2D eigenvalue weighted by Crippen LogP contribution is -2.43. The topological polar surface area (TPSA) is 78.9 Å². The van der Waals surface area contributed by atoms with Gasteiger partial charge in [0.15, 0.2) is 0 Å². The predicted octanol–water partition coefficient (Wildman–Crippen LogP) is 2.41. The molecule has 0 aromatic heterocycles. The van der Waals surface area contributed by atoms with E-state index in [1.807, 2.05) is 6.92 Å². The summed E-state index contributed by atoms with van der Waals surface area (Å²) in [5.74, 6) is -0.491. The summed E-state index contributed by atoms with van der Waals surface area (Å²) >= 11 is 0. The summed E-state index contributed by atoms with van der Waals surface area (Å²) in [6, 6.07) is 6.35. The van der Waals surface area contributed by atoms with Gasteiger partial charge in [-0.1, -0.05) is 12.1 Å². The smallest absolute Gasteiger partial charge is 0.323 e. The molecule has 6 nitrogen and oxygen atoms in total. The second kappa shape index (κ2) is 7.37. The SMILES string of the molecule is CCOc1ccccc1NC(=O)N(CC(=O)O)C(C)C. The zero-order valence-corrected chi connectivity index (χ0v) is 11.9. The van der Waals surface area contributed by atoms with Crippen LogP contribution in [0.25, 0.3) is 0 Å². The molecule has 0 aliphatic carbocycles. The number of nitrogens with zero attached hydrogens (tertiary/aromatic N) is 1. The van der Waals surface area contributed by atoms with Crippen LogP contribution in [0, 0.1) is 0 Å². The van der Waals surface area contributed by atoms with Gasteiger partial charge in [-0.05, 0) is 32.9 Å². The molecule has 0 aliphatic rings. The molecule has 0 heterocycles. The van der Waals surface area contributed by atoms with Crippen LogP contribution in [0.5, 0.6) is 5.75 Å². The first kappa shape index (κ1) is 15.8. The second-order valence-electron chi connectivity index (χ2n) is 4.47. The highest BCUT2D eigenvalue weighted by Crippen LogP contribution is 2.24. The number of carboxylic acid groups (broad SMARTS) is 1. The number of urea groups is 1. The molecule has 1 aromatic rings. The number of ether oxygens (including phenoxy) is 1. The fourth-order valence-corrected chi connectivity index (χ4v) is 1.67. The minimum absolute atomic E-state index is 0.217. The van der Waals surface area contributed by atoms with Crippen LogP contribution in [0.1, 0.15) is 20.8 Å². The quantitative estimate of drug-likeness (QED) is 0.838. The van der Waals surface area contributed by atoms with Crippen LogP contribution < -0.4 is 10.1 Å². The molecule has 20 heavy (non-hydrogen) atoms. The highest BCUT2D eigenvalue weighted by molar-refractivity contribution is 5.92. The van der Waals surface area contributed by atoms with E-state index < -0.39 is 12.0 Å². The van der Waals surface area contributed by atoms with Crippen LogP contribution in [0.4, 0.5) is 10.5 Å². The van der Waals surface area contributed by atoms with E-state index >= 15 is 0 Å². The summed E-state index contributed by atoms with van der Waals surface area (Å²) < 4.78 is 5.41. The lowest BCUT2D eigenvalue weighted by molar-refractivity contribution is -0.137. The Bertz CT molecular complexity index is 474. The van der Waals surface area contributed by atoms with E-state index in [2.05, 4.69) is 5.32 Å². The first-order valence-electron chi connectivity index (χ1n) is 6.47. The molecule has 110 valence electrons. The monoisotopic (exact) mass is 280 g/mol. The number of carbonyl (C=O) groups is 2. The normalized spacial score (nSPS) is 10.2. The Balaban J connectivity index is 2.85. The number of para-hydroxylation sites is 2. The Morgan fingerprint density at radius 3 is 2.55 bits per heavy atom. The summed E-state index contributed by atoms with van der Waals surface area (Å²) in [5, 5.41) is 11.5. The number of rotatable bonds is 6. The molecule has 0 atom stereocenters. The summed E-state index contributed by atoms with van der Waals surface area (Å²) in [6.07, 6.45) is 0. The fourth-order valence-electron chi connectivity index (χ4n) is 1.67. The third kappa shape index (κ3) is 4.46. The number of amides is 2. The maximum atomic E-state index is 12.1. The zero-order chi connectivity index (χ0) is 15.1. The maximum absolute atomic E-state index is 12.1. The van der Waals surface area contributed by atoms with Crippen LogP contribution in [0.2, 0.25) is 0 Å². The van der Waals surface area contributed by atoms with E-state index in [1.54, 1.807) is 38.1 Å². The minimum Gasteiger partial charge on any atom is -0.492 e. The number of carboxylic acids is 1. The summed E-state index contributed by atoms with van der Waals surface area (Å²) in [7, 11) is 0. The number of hydrogen-bond donors (Lipinski definition) is 2. The maximum Gasteiger partial charge on any atom is 0.323 e. The minimum atomic E-state index is -1.05. The number of hydrogen-bond acceptors (Lipinski definition) is 3. The van der Waals surface area contributed by atoms with Crippen molar-refractivity contribution in [1.82, 2.24) is 4.90 Å². The Labute approximate surface area is 118 Å². The van der Waals surface area contributed by atoms with Gasteiger partial charge in [-0.15, -0.1) is 0 Å². The summed E-state index contributed by atoms with van der Waals surface area (Å²) in [6.45, 7) is 5.51. The Morgan fingerprint density at radius 2 is 2.00 bits per heavy atom. The average molecular weight is 280 g/mol. The van der Waals surface area contributed by atoms with E-state index in [-0.39, 0.29) is 12.6 Å². The van der Waals surface area contributed by atoms with Crippen LogP contribution in [-0.2, 0) is 4.79 Å². The van der Waals surface area contributed by atoms with Crippen molar-refractivity contribution in [2.45, 2.75) is 26.8 Å².